The molecular weight excluding hydrogens is 410 g/mol. The number of carbonyl (C=O) groups is 4. The maximum absolute atomic E-state index is 13.3. The summed E-state index contributed by atoms with van der Waals surface area (Å²) in [6.45, 7) is 1.28. The van der Waals surface area contributed by atoms with E-state index in [4.69, 9.17) is 18.0 Å². The summed E-state index contributed by atoms with van der Waals surface area (Å²) >= 11 is 6.32. The number of fused-ring (bicyclic) bond motifs is 1. The van der Waals surface area contributed by atoms with Crippen molar-refractivity contribution < 1.29 is 19.2 Å². The number of hydrogen-bond donors (Lipinski definition) is 1. The van der Waals surface area contributed by atoms with Crippen molar-refractivity contribution >= 4 is 68.9 Å². The third-order valence-corrected chi connectivity index (χ3v) is 5.93. The van der Waals surface area contributed by atoms with Crippen LogP contribution in [-0.2, 0) is 14.4 Å². The summed E-state index contributed by atoms with van der Waals surface area (Å²) in [5.74, 6) is -2.28. The maximum Gasteiger partial charge on any atom is 0.271 e. The van der Waals surface area contributed by atoms with Gasteiger partial charge in [0.15, 0.2) is 4.32 Å². The second-order valence-electron chi connectivity index (χ2n) is 6.27. The van der Waals surface area contributed by atoms with E-state index >= 15 is 0 Å². The highest BCUT2D eigenvalue weighted by Gasteiger charge is 2.44. The average molecular weight is 423 g/mol. The number of carbonyl (C=O) groups excluding carboxylic acids is 4. The summed E-state index contributed by atoms with van der Waals surface area (Å²) in [4.78, 5) is 52.4. The summed E-state index contributed by atoms with van der Waals surface area (Å²) in [5, 5.41) is 0. The van der Waals surface area contributed by atoms with Gasteiger partial charge in [0.1, 0.15) is 0 Å². The van der Waals surface area contributed by atoms with E-state index < -0.39 is 23.6 Å². The molecule has 0 aliphatic carbocycles. The number of benzene rings is 2. The van der Waals surface area contributed by atoms with Gasteiger partial charge >= 0.3 is 0 Å². The van der Waals surface area contributed by atoms with E-state index in [9.17, 15) is 19.2 Å². The van der Waals surface area contributed by atoms with Crippen molar-refractivity contribution in [2.24, 2.45) is 5.73 Å². The van der Waals surface area contributed by atoms with Crippen LogP contribution < -0.4 is 15.5 Å². The zero-order valence-corrected chi connectivity index (χ0v) is 16.7. The van der Waals surface area contributed by atoms with Crippen molar-refractivity contribution in [1.29, 1.82) is 0 Å². The second kappa shape index (κ2) is 6.94. The van der Waals surface area contributed by atoms with Crippen LogP contribution in [0.1, 0.15) is 22.8 Å². The van der Waals surface area contributed by atoms with E-state index in [1.165, 1.54) is 17.9 Å². The lowest BCUT2D eigenvalue weighted by Gasteiger charge is -2.17. The number of nitrogens with zero attached hydrogens (tertiary/aromatic N) is 2. The monoisotopic (exact) mass is 423 g/mol. The van der Waals surface area contributed by atoms with Gasteiger partial charge in [-0.05, 0) is 18.2 Å². The first-order valence-corrected chi connectivity index (χ1v) is 9.69. The molecular formula is C20H13N3O4S2. The predicted octanol–water partition coefficient (Wildman–Crippen LogP) is 2.45. The molecule has 2 N–H and O–H groups in total. The highest BCUT2D eigenvalue weighted by molar-refractivity contribution is 8.27. The Balaban J connectivity index is 1.88. The van der Waals surface area contributed by atoms with Gasteiger partial charge in [0.2, 0.25) is 5.91 Å². The normalized spacial score (nSPS) is 18.4. The number of nitrogens with two attached hydrogens (primary N) is 1. The van der Waals surface area contributed by atoms with Crippen molar-refractivity contribution in [2.75, 3.05) is 9.80 Å². The number of thioether (sulfide) groups is 1. The Morgan fingerprint density at radius 1 is 0.966 bits per heavy atom. The fourth-order valence-electron chi connectivity index (χ4n) is 3.35. The molecule has 0 aromatic heterocycles. The Morgan fingerprint density at radius 2 is 1.59 bits per heavy atom. The molecule has 2 heterocycles. The van der Waals surface area contributed by atoms with Crippen LogP contribution in [0.4, 0.5) is 11.4 Å². The number of para-hydroxylation sites is 2. The Morgan fingerprint density at radius 3 is 2.24 bits per heavy atom. The van der Waals surface area contributed by atoms with Crippen molar-refractivity contribution in [3.63, 3.8) is 0 Å². The summed E-state index contributed by atoms with van der Waals surface area (Å²) in [6.07, 6.45) is 0. The minimum Gasteiger partial charge on any atom is -0.366 e. The predicted molar refractivity (Wildman–Crippen MR) is 114 cm³/mol. The summed E-state index contributed by atoms with van der Waals surface area (Å²) in [5.41, 5.74) is 6.84. The third kappa shape index (κ3) is 2.86. The average Bonchev–Trinajstić information content (AvgIpc) is 3.13. The zero-order valence-electron chi connectivity index (χ0n) is 15.0. The summed E-state index contributed by atoms with van der Waals surface area (Å²) < 4.78 is 0.165. The Hall–Kier alpha value is -3.30. The first-order chi connectivity index (χ1) is 13.8. The molecule has 2 aromatic carbocycles. The van der Waals surface area contributed by atoms with Gasteiger partial charge in [-0.2, -0.15) is 0 Å². The lowest BCUT2D eigenvalue weighted by molar-refractivity contribution is -0.122. The minimum absolute atomic E-state index is 0.107. The second-order valence-corrected chi connectivity index (χ2v) is 7.91. The van der Waals surface area contributed by atoms with Gasteiger partial charge < -0.3 is 5.73 Å². The number of rotatable bonds is 2. The number of thiocarbonyl (C=S) groups is 1. The molecule has 0 bridgehead atoms. The van der Waals surface area contributed by atoms with Crippen molar-refractivity contribution in [2.45, 2.75) is 6.92 Å². The molecule has 0 atom stereocenters. The van der Waals surface area contributed by atoms with E-state index in [0.29, 0.717) is 11.3 Å². The third-order valence-electron chi connectivity index (χ3n) is 4.55. The molecule has 1 fully saturated rings. The molecule has 1 saturated heterocycles. The molecule has 144 valence electrons. The smallest absolute Gasteiger partial charge is 0.271 e. The molecule has 0 spiro atoms. The number of primary amides is 1. The molecule has 0 saturated carbocycles. The molecule has 2 aromatic rings. The van der Waals surface area contributed by atoms with Gasteiger partial charge in [-0.3, -0.25) is 24.1 Å². The minimum atomic E-state index is -0.702. The van der Waals surface area contributed by atoms with Crippen LogP contribution in [0.15, 0.2) is 53.4 Å². The standard InChI is InChI=1S/C20H13N3O4S2/c1-10(24)22-13-8-4-2-6-11(13)15(18(22)26)16-19(27)23(20(28)29-16)14-9-5-3-7-12(14)17(21)25/h2-9H,1H3,(H2,21,25)/b16-15-. The molecule has 4 rings (SSSR count). The van der Waals surface area contributed by atoms with Gasteiger partial charge in [-0.15, -0.1) is 0 Å². The molecule has 7 nitrogen and oxygen atoms in total. The highest BCUT2D eigenvalue weighted by atomic mass is 32.2. The van der Waals surface area contributed by atoms with Crippen LogP contribution in [0.3, 0.4) is 0 Å². The number of hydrogen-bond acceptors (Lipinski definition) is 6. The number of imide groups is 1. The first kappa shape index (κ1) is 19.0. The fourth-order valence-corrected chi connectivity index (χ4v) is 4.71. The van der Waals surface area contributed by atoms with Crippen LogP contribution >= 0.6 is 24.0 Å². The highest BCUT2D eigenvalue weighted by Crippen LogP contribution is 2.45. The molecule has 4 amide bonds. The van der Waals surface area contributed by atoms with Crippen molar-refractivity contribution in [1.82, 2.24) is 0 Å². The van der Waals surface area contributed by atoms with Crippen LogP contribution in [0.25, 0.3) is 5.57 Å². The largest absolute Gasteiger partial charge is 0.366 e. The van der Waals surface area contributed by atoms with E-state index in [2.05, 4.69) is 0 Å². The Kier molecular flexibility index (Phi) is 4.56. The van der Waals surface area contributed by atoms with Gasteiger partial charge in [-0.25, -0.2) is 4.90 Å². The van der Waals surface area contributed by atoms with Crippen LogP contribution in [0.5, 0.6) is 0 Å². The molecule has 0 unspecified atom stereocenters. The van der Waals surface area contributed by atoms with E-state index in [-0.39, 0.29) is 26.0 Å². The quantitative estimate of drug-likeness (QED) is 0.588. The van der Waals surface area contributed by atoms with Gasteiger partial charge in [0.05, 0.1) is 27.4 Å². The van der Waals surface area contributed by atoms with Crippen LogP contribution in [-0.4, -0.2) is 27.9 Å². The SMILES string of the molecule is CC(=O)N1C(=O)/C(=C2\SC(=S)N(c3ccccc3C(N)=O)C2=O)c2ccccc21. The van der Waals surface area contributed by atoms with Gasteiger partial charge in [0, 0.05) is 12.5 Å². The number of anilines is 2. The summed E-state index contributed by atoms with van der Waals surface area (Å²) in [7, 11) is 0. The lowest BCUT2D eigenvalue weighted by Crippen LogP contribution is -2.32. The van der Waals surface area contributed by atoms with Gasteiger partial charge in [-0.1, -0.05) is 54.3 Å². The van der Waals surface area contributed by atoms with E-state index in [0.717, 1.165) is 16.7 Å². The molecule has 0 radical (unpaired) electrons. The van der Waals surface area contributed by atoms with Crippen molar-refractivity contribution in [3.8, 4) is 0 Å². The molecule has 29 heavy (non-hydrogen) atoms. The Bertz CT molecular complexity index is 1170. The first-order valence-electron chi connectivity index (χ1n) is 8.46. The number of amides is 4. The van der Waals surface area contributed by atoms with Crippen LogP contribution in [0, 0.1) is 0 Å². The molecule has 2 aliphatic rings. The molecule has 9 heteroatoms. The van der Waals surface area contributed by atoms with E-state index in [1.54, 1.807) is 42.5 Å². The van der Waals surface area contributed by atoms with Gasteiger partial charge in [0.25, 0.3) is 17.7 Å². The Labute approximate surface area is 175 Å². The lowest BCUT2D eigenvalue weighted by atomic mass is 10.1. The maximum atomic E-state index is 13.3. The fraction of sp³-hybridized carbons (Fsp3) is 0.0500. The summed E-state index contributed by atoms with van der Waals surface area (Å²) in [6, 6.07) is 13.1. The topological polar surface area (TPSA) is 101 Å². The van der Waals surface area contributed by atoms with E-state index in [1.807, 2.05) is 0 Å². The zero-order chi connectivity index (χ0) is 20.9. The van der Waals surface area contributed by atoms with Crippen molar-refractivity contribution in [3.05, 3.63) is 64.6 Å². The van der Waals surface area contributed by atoms with Crippen LogP contribution in [0.2, 0.25) is 0 Å². The molecule has 2 aliphatic heterocycles.